The van der Waals surface area contributed by atoms with Crippen LogP contribution in [0.2, 0.25) is 0 Å². The predicted molar refractivity (Wildman–Crippen MR) is 60.7 cm³/mol. The Hall–Kier alpha value is -0.570. The van der Waals surface area contributed by atoms with Crippen LogP contribution in [0.15, 0.2) is 0 Å². The summed E-state index contributed by atoms with van der Waals surface area (Å²) in [4.78, 5) is 11.4. The molecule has 1 fully saturated rings. The first-order valence-corrected chi connectivity index (χ1v) is 6.11. The summed E-state index contributed by atoms with van der Waals surface area (Å²) >= 11 is 0. The van der Waals surface area contributed by atoms with Gasteiger partial charge in [-0.3, -0.25) is 4.79 Å². The van der Waals surface area contributed by atoms with Gasteiger partial charge in [-0.05, 0) is 38.6 Å². The third kappa shape index (κ3) is 5.78. The molecule has 0 aromatic carbocycles. The maximum absolute atomic E-state index is 11.4. The number of nitrogens with one attached hydrogen (secondary N) is 1. The molecular weight excluding hydrogens is 190 g/mol. The highest BCUT2D eigenvalue weighted by molar-refractivity contribution is 5.69. The maximum atomic E-state index is 11.4. The van der Waals surface area contributed by atoms with Crippen LogP contribution in [0.5, 0.6) is 0 Å². The van der Waals surface area contributed by atoms with Gasteiger partial charge in [0.25, 0.3) is 0 Å². The molecule has 1 aliphatic carbocycles. The summed E-state index contributed by atoms with van der Waals surface area (Å²) in [6, 6.07) is 0.496. The molecule has 0 aliphatic heterocycles. The summed E-state index contributed by atoms with van der Waals surface area (Å²) in [5.74, 6) is -0.0209. The molecule has 0 aromatic heterocycles. The molecule has 0 atom stereocenters. The topological polar surface area (TPSA) is 38.3 Å². The minimum atomic E-state index is -0.0209. The van der Waals surface area contributed by atoms with Crippen molar-refractivity contribution in [2.45, 2.75) is 64.5 Å². The Bertz CT molecular complexity index is 186. The van der Waals surface area contributed by atoms with Crippen molar-refractivity contribution in [3.05, 3.63) is 0 Å². The summed E-state index contributed by atoms with van der Waals surface area (Å²) in [5.41, 5.74) is 0. The molecule has 0 unspecified atom stereocenters. The molecule has 1 rings (SSSR count). The largest absolute Gasteiger partial charge is 0.462 e. The van der Waals surface area contributed by atoms with E-state index < -0.39 is 0 Å². The Morgan fingerprint density at radius 2 is 2.07 bits per heavy atom. The molecule has 0 spiro atoms. The van der Waals surface area contributed by atoms with Crippen molar-refractivity contribution in [2.24, 2.45) is 0 Å². The molecular formula is C12H23NO2. The maximum Gasteiger partial charge on any atom is 0.306 e. The van der Waals surface area contributed by atoms with Crippen LogP contribution in [0.3, 0.4) is 0 Å². The lowest BCUT2D eigenvalue weighted by Gasteiger charge is -2.11. The zero-order valence-electron chi connectivity index (χ0n) is 9.92. The summed E-state index contributed by atoms with van der Waals surface area (Å²) in [6.07, 6.45) is 6.21. The van der Waals surface area contributed by atoms with E-state index in [2.05, 4.69) is 19.2 Å². The third-order valence-electron chi connectivity index (χ3n) is 2.71. The first-order chi connectivity index (χ1) is 7.18. The number of esters is 1. The zero-order valence-corrected chi connectivity index (χ0v) is 9.92. The number of hydrogen-bond acceptors (Lipinski definition) is 3. The van der Waals surface area contributed by atoms with E-state index in [1.165, 1.54) is 12.8 Å². The minimum Gasteiger partial charge on any atom is -0.462 e. The van der Waals surface area contributed by atoms with Gasteiger partial charge in [0.15, 0.2) is 0 Å². The molecule has 0 heterocycles. The van der Waals surface area contributed by atoms with Gasteiger partial charge in [0.05, 0.1) is 0 Å². The molecule has 88 valence electrons. The van der Waals surface area contributed by atoms with E-state index in [4.69, 9.17) is 4.74 Å². The average molecular weight is 213 g/mol. The van der Waals surface area contributed by atoms with Gasteiger partial charge in [-0.15, -0.1) is 0 Å². The van der Waals surface area contributed by atoms with Crippen molar-refractivity contribution in [2.75, 3.05) is 6.54 Å². The summed E-state index contributed by atoms with van der Waals surface area (Å²) in [6.45, 7) is 5.12. The molecule has 0 radical (unpaired) electrons. The van der Waals surface area contributed by atoms with Gasteiger partial charge in [0, 0.05) is 12.5 Å². The highest BCUT2D eigenvalue weighted by Gasteiger charge is 2.18. The second kappa shape index (κ2) is 6.83. The number of rotatable bonds is 6. The quantitative estimate of drug-likeness (QED) is 0.543. The third-order valence-corrected chi connectivity index (χ3v) is 2.71. The van der Waals surface area contributed by atoms with Gasteiger partial charge >= 0.3 is 5.97 Å². The molecule has 1 aliphatic rings. The lowest BCUT2D eigenvalue weighted by Crippen LogP contribution is -2.24. The van der Waals surface area contributed by atoms with E-state index >= 15 is 0 Å². The van der Waals surface area contributed by atoms with E-state index in [9.17, 15) is 4.79 Å². The molecule has 3 heteroatoms. The Morgan fingerprint density at radius 1 is 1.40 bits per heavy atom. The molecule has 1 saturated carbocycles. The molecule has 0 amide bonds. The molecule has 15 heavy (non-hydrogen) atoms. The van der Waals surface area contributed by atoms with Crippen molar-refractivity contribution in [3.8, 4) is 0 Å². The highest BCUT2D eigenvalue weighted by Crippen LogP contribution is 2.21. The summed E-state index contributed by atoms with van der Waals surface area (Å²) in [7, 11) is 0. The van der Waals surface area contributed by atoms with E-state index in [0.29, 0.717) is 12.5 Å². The molecule has 0 saturated heterocycles. The van der Waals surface area contributed by atoms with Gasteiger partial charge in [0.2, 0.25) is 0 Å². The smallest absolute Gasteiger partial charge is 0.306 e. The monoisotopic (exact) mass is 213 g/mol. The predicted octanol–water partition coefficient (Wildman–Crippen LogP) is 2.25. The fourth-order valence-corrected chi connectivity index (χ4v) is 1.87. The number of carbonyl (C=O) groups excluding carboxylic acids is 1. The molecule has 0 aromatic rings. The number of hydrogen-bond donors (Lipinski definition) is 1. The van der Waals surface area contributed by atoms with Gasteiger partial charge in [-0.2, -0.15) is 0 Å². The van der Waals surface area contributed by atoms with Crippen LogP contribution in [0, 0.1) is 0 Å². The van der Waals surface area contributed by atoms with Gasteiger partial charge < -0.3 is 10.1 Å². The van der Waals surface area contributed by atoms with Crippen LogP contribution < -0.4 is 5.32 Å². The van der Waals surface area contributed by atoms with Crippen LogP contribution in [0.4, 0.5) is 0 Å². The number of carbonyl (C=O) groups is 1. The van der Waals surface area contributed by atoms with Crippen molar-refractivity contribution in [1.82, 2.24) is 5.32 Å². The van der Waals surface area contributed by atoms with Crippen molar-refractivity contribution in [3.63, 3.8) is 0 Å². The Kier molecular flexibility index (Phi) is 5.69. The average Bonchev–Trinajstić information content (AvgIpc) is 2.64. The van der Waals surface area contributed by atoms with E-state index in [-0.39, 0.29) is 12.1 Å². The first-order valence-electron chi connectivity index (χ1n) is 6.11. The van der Waals surface area contributed by atoms with Gasteiger partial charge in [-0.25, -0.2) is 0 Å². The lowest BCUT2D eigenvalue weighted by molar-refractivity contribution is -0.148. The molecule has 1 N–H and O–H groups in total. The van der Waals surface area contributed by atoms with Crippen LogP contribution in [0.1, 0.15) is 52.4 Å². The fourth-order valence-electron chi connectivity index (χ4n) is 1.87. The zero-order chi connectivity index (χ0) is 11.1. The van der Waals surface area contributed by atoms with Crippen molar-refractivity contribution < 1.29 is 9.53 Å². The SMILES string of the molecule is CC(C)NCCCC(=O)OC1CCCC1. The fraction of sp³-hybridized carbons (Fsp3) is 0.917. The Morgan fingerprint density at radius 3 is 2.67 bits per heavy atom. The van der Waals surface area contributed by atoms with Crippen LogP contribution in [-0.2, 0) is 9.53 Å². The second-order valence-electron chi connectivity index (χ2n) is 4.61. The number of ether oxygens (including phenoxy) is 1. The Balaban J connectivity index is 1.98. The van der Waals surface area contributed by atoms with Crippen LogP contribution in [0.25, 0.3) is 0 Å². The van der Waals surface area contributed by atoms with Crippen molar-refractivity contribution in [1.29, 1.82) is 0 Å². The van der Waals surface area contributed by atoms with Gasteiger partial charge in [-0.1, -0.05) is 13.8 Å². The van der Waals surface area contributed by atoms with Crippen LogP contribution >= 0.6 is 0 Å². The van der Waals surface area contributed by atoms with E-state index in [1.54, 1.807) is 0 Å². The van der Waals surface area contributed by atoms with E-state index in [1.807, 2.05) is 0 Å². The van der Waals surface area contributed by atoms with Crippen LogP contribution in [-0.4, -0.2) is 24.7 Å². The molecule has 3 nitrogen and oxygen atoms in total. The minimum absolute atomic E-state index is 0.0209. The summed E-state index contributed by atoms with van der Waals surface area (Å²) < 4.78 is 5.35. The standard InChI is InChI=1S/C12H23NO2/c1-10(2)13-9-5-8-12(14)15-11-6-3-4-7-11/h10-11,13H,3-9H2,1-2H3. The van der Waals surface area contributed by atoms with Crippen molar-refractivity contribution >= 4 is 5.97 Å². The molecule has 0 bridgehead atoms. The van der Waals surface area contributed by atoms with E-state index in [0.717, 1.165) is 25.8 Å². The first kappa shape index (κ1) is 12.5. The lowest BCUT2D eigenvalue weighted by atomic mass is 10.2. The summed E-state index contributed by atoms with van der Waals surface area (Å²) in [5, 5.41) is 3.29. The second-order valence-corrected chi connectivity index (χ2v) is 4.61. The van der Waals surface area contributed by atoms with Gasteiger partial charge in [0.1, 0.15) is 6.10 Å². The highest BCUT2D eigenvalue weighted by atomic mass is 16.5. The normalized spacial score (nSPS) is 17.3. The Labute approximate surface area is 92.6 Å².